The number of esters is 1. The number of nitrogens with zero attached hydrogens (tertiary/aromatic N) is 2. The number of carbonyl (C=O) groups excluding carboxylic acids is 1. The van der Waals surface area contributed by atoms with Gasteiger partial charge in [0, 0.05) is 5.56 Å². The molecule has 0 spiro atoms. The number of hydrogen-bond acceptors (Lipinski definition) is 5. The Balaban J connectivity index is 2.39. The van der Waals surface area contributed by atoms with Crippen LogP contribution in [0.2, 0.25) is 0 Å². The highest BCUT2D eigenvalue weighted by Crippen LogP contribution is 2.25. The molecule has 0 N–H and O–H groups in total. The van der Waals surface area contributed by atoms with E-state index in [9.17, 15) is 4.79 Å². The fourth-order valence-electron chi connectivity index (χ4n) is 1.50. The Labute approximate surface area is 112 Å². The molecule has 0 aliphatic rings. The largest absolute Gasteiger partial charge is 0.461 e. The Morgan fingerprint density at radius 2 is 2.28 bits per heavy atom. The topological polar surface area (TPSA) is 65.2 Å². The van der Waals surface area contributed by atoms with Crippen molar-refractivity contribution in [2.45, 2.75) is 13.8 Å². The molecule has 0 bridgehead atoms. The van der Waals surface area contributed by atoms with Crippen LogP contribution in [0.15, 0.2) is 27.3 Å². The molecule has 0 fully saturated rings. The number of hydrogen-bond donors (Lipinski definition) is 0. The molecule has 0 aliphatic heterocycles. The van der Waals surface area contributed by atoms with Gasteiger partial charge in [0.2, 0.25) is 0 Å². The molecule has 5 nitrogen and oxygen atoms in total. The summed E-state index contributed by atoms with van der Waals surface area (Å²) in [5.41, 5.74) is 1.43. The van der Waals surface area contributed by atoms with Gasteiger partial charge in [-0.3, -0.25) is 0 Å². The number of aromatic nitrogens is 2. The first-order chi connectivity index (χ1) is 8.63. The highest BCUT2D eigenvalue weighted by Gasteiger charge is 2.21. The summed E-state index contributed by atoms with van der Waals surface area (Å²) in [5.74, 6) is -0.0145. The molecule has 18 heavy (non-hydrogen) atoms. The first-order valence-corrected chi connectivity index (χ1v) is 6.19. The van der Waals surface area contributed by atoms with Gasteiger partial charge in [0.15, 0.2) is 11.5 Å². The van der Waals surface area contributed by atoms with Crippen LogP contribution in [0.25, 0.3) is 11.5 Å². The molecule has 2 aromatic heterocycles. The molecule has 0 radical (unpaired) electrons. The van der Waals surface area contributed by atoms with E-state index in [2.05, 4.69) is 26.1 Å². The van der Waals surface area contributed by atoms with Gasteiger partial charge in [-0.15, -0.1) is 0 Å². The fraction of sp³-hybridized carbons (Fsp3) is 0.250. The van der Waals surface area contributed by atoms with Gasteiger partial charge in [0.05, 0.1) is 6.61 Å². The maximum Gasteiger partial charge on any atom is 0.360 e. The van der Waals surface area contributed by atoms with Crippen LogP contribution < -0.4 is 0 Å². The number of carbonyl (C=O) groups is 1. The summed E-state index contributed by atoms with van der Waals surface area (Å²) < 4.78 is 10.7. The van der Waals surface area contributed by atoms with Crippen molar-refractivity contribution < 1.29 is 14.1 Å². The molecule has 0 saturated heterocycles. The summed E-state index contributed by atoms with van der Waals surface area (Å²) in [5, 5.41) is 3.74. The number of halogens is 1. The zero-order chi connectivity index (χ0) is 13.1. The normalized spacial score (nSPS) is 10.4. The van der Waals surface area contributed by atoms with Crippen molar-refractivity contribution in [3.63, 3.8) is 0 Å². The maximum absolute atomic E-state index is 11.6. The minimum atomic E-state index is -0.486. The quantitative estimate of drug-likeness (QED) is 0.644. The van der Waals surface area contributed by atoms with Gasteiger partial charge in [-0.1, -0.05) is 11.2 Å². The van der Waals surface area contributed by atoms with Gasteiger partial charge < -0.3 is 9.26 Å². The molecular formula is C12H11BrN2O3. The van der Waals surface area contributed by atoms with E-state index in [1.54, 1.807) is 19.9 Å². The third kappa shape index (κ3) is 2.43. The van der Waals surface area contributed by atoms with Crippen molar-refractivity contribution >= 4 is 21.9 Å². The lowest BCUT2D eigenvalue weighted by Crippen LogP contribution is -2.06. The molecule has 2 rings (SSSR count). The number of pyridine rings is 1. The summed E-state index contributed by atoms with van der Waals surface area (Å²) in [7, 11) is 0. The van der Waals surface area contributed by atoms with E-state index >= 15 is 0 Å². The van der Waals surface area contributed by atoms with E-state index in [0.29, 0.717) is 28.2 Å². The van der Waals surface area contributed by atoms with Crippen molar-refractivity contribution in [1.82, 2.24) is 10.1 Å². The lowest BCUT2D eigenvalue weighted by molar-refractivity contribution is 0.0514. The average Bonchev–Trinajstić information content (AvgIpc) is 2.71. The van der Waals surface area contributed by atoms with E-state index in [-0.39, 0.29) is 5.69 Å². The van der Waals surface area contributed by atoms with Gasteiger partial charge in [0.25, 0.3) is 0 Å². The SMILES string of the molecule is CCOC(=O)c1noc(-c2cccc(Br)n2)c1C. The monoisotopic (exact) mass is 310 g/mol. The molecule has 0 aliphatic carbocycles. The molecule has 2 heterocycles. The van der Waals surface area contributed by atoms with E-state index < -0.39 is 5.97 Å². The fourth-order valence-corrected chi connectivity index (χ4v) is 1.84. The molecule has 94 valence electrons. The van der Waals surface area contributed by atoms with E-state index in [1.165, 1.54) is 0 Å². The van der Waals surface area contributed by atoms with Crippen LogP contribution in [0, 0.1) is 6.92 Å². The van der Waals surface area contributed by atoms with Crippen LogP contribution in [0.5, 0.6) is 0 Å². The second kappa shape index (κ2) is 5.30. The van der Waals surface area contributed by atoms with E-state index in [0.717, 1.165) is 0 Å². The molecular weight excluding hydrogens is 300 g/mol. The summed E-state index contributed by atoms with van der Waals surface area (Å²) >= 11 is 3.28. The van der Waals surface area contributed by atoms with Crippen LogP contribution in [0.4, 0.5) is 0 Å². The van der Waals surface area contributed by atoms with Crippen LogP contribution >= 0.6 is 15.9 Å². The molecule has 0 aromatic carbocycles. The van der Waals surface area contributed by atoms with Crippen molar-refractivity contribution in [2.24, 2.45) is 0 Å². The average molecular weight is 311 g/mol. The van der Waals surface area contributed by atoms with Crippen LogP contribution in [0.3, 0.4) is 0 Å². The Bertz CT molecular complexity index is 580. The van der Waals surface area contributed by atoms with E-state index in [1.807, 2.05) is 12.1 Å². The summed E-state index contributed by atoms with van der Waals surface area (Å²) in [6.45, 7) is 3.79. The molecule has 6 heteroatoms. The Kier molecular flexibility index (Phi) is 3.76. The van der Waals surface area contributed by atoms with Crippen LogP contribution in [-0.2, 0) is 4.74 Å². The molecule has 0 atom stereocenters. The summed E-state index contributed by atoms with van der Waals surface area (Å²) in [4.78, 5) is 15.9. The number of rotatable bonds is 3. The lowest BCUT2D eigenvalue weighted by atomic mass is 10.1. The summed E-state index contributed by atoms with van der Waals surface area (Å²) in [6, 6.07) is 5.42. The maximum atomic E-state index is 11.6. The minimum Gasteiger partial charge on any atom is -0.461 e. The smallest absolute Gasteiger partial charge is 0.360 e. The molecule has 2 aromatic rings. The molecule has 0 unspecified atom stereocenters. The zero-order valence-electron chi connectivity index (χ0n) is 9.94. The molecule has 0 saturated carbocycles. The van der Waals surface area contributed by atoms with Crippen molar-refractivity contribution in [1.29, 1.82) is 0 Å². The first-order valence-electron chi connectivity index (χ1n) is 5.39. The molecule has 0 amide bonds. The second-order valence-corrected chi connectivity index (χ2v) is 4.36. The third-order valence-electron chi connectivity index (χ3n) is 2.34. The Morgan fingerprint density at radius 3 is 2.94 bits per heavy atom. The lowest BCUT2D eigenvalue weighted by Gasteiger charge is -1.99. The predicted molar refractivity (Wildman–Crippen MR) is 68.1 cm³/mol. The van der Waals surface area contributed by atoms with Crippen molar-refractivity contribution in [3.8, 4) is 11.5 Å². The third-order valence-corrected chi connectivity index (χ3v) is 2.78. The van der Waals surface area contributed by atoms with Gasteiger partial charge in [0.1, 0.15) is 10.3 Å². The van der Waals surface area contributed by atoms with Gasteiger partial charge in [-0.05, 0) is 41.9 Å². The first kappa shape index (κ1) is 12.8. The van der Waals surface area contributed by atoms with Crippen molar-refractivity contribution in [2.75, 3.05) is 6.61 Å². The number of ether oxygens (including phenoxy) is 1. The van der Waals surface area contributed by atoms with Gasteiger partial charge in [-0.25, -0.2) is 9.78 Å². The predicted octanol–water partition coefficient (Wildman–Crippen LogP) is 2.98. The Hall–Kier alpha value is -1.69. The van der Waals surface area contributed by atoms with Crippen LogP contribution in [0.1, 0.15) is 23.0 Å². The second-order valence-electron chi connectivity index (χ2n) is 3.55. The minimum absolute atomic E-state index is 0.189. The standard InChI is InChI=1S/C12H11BrN2O3/c1-3-17-12(16)10-7(2)11(18-15-10)8-5-4-6-9(13)14-8/h4-6H,3H2,1-2H3. The van der Waals surface area contributed by atoms with E-state index in [4.69, 9.17) is 9.26 Å². The summed E-state index contributed by atoms with van der Waals surface area (Å²) in [6.07, 6.45) is 0. The van der Waals surface area contributed by atoms with Crippen molar-refractivity contribution in [3.05, 3.63) is 34.1 Å². The zero-order valence-corrected chi connectivity index (χ0v) is 11.5. The highest BCUT2D eigenvalue weighted by atomic mass is 79.9. The van der Waals surface area contributed by atoms with Crippen LogP contribution in [-0.4, -0.2) is 22.7 Å². The van der Waals surface area contributed by atoms with Gasteiger partial charge >= 0.3 is 5.97 Å². The highest BCUT2D eigenvalue weighted by molar-refractivity contribution is 9.10. The Morgan fingerprint density at radius 1 is 1.50 bits per heavy atom. The van der Waals surface area contributed by atoms with Gasteiger partial charge in [-0.2, -0.15) is 0 Å².